The van der Waals surface area contributed by atoms with Crippen molar-refractivity contribution in [2.24, 2.45) is 10.7 Å². The average molecular weight is 437 g/mol. The van der Waals surface area contributed by atoms with Gasteiger partial charge in [0, 0.05) is 31.2 Å². The van der Waals surface area contributed by atoms with Gasteiger partial charge in [0.25, 0.3) is 5.91 Å². The fourth-order valence-corrected chi connectivity index (χ4v) is 5.02. The number of amides is 1. The van der Waals surface area contributed by atoms with Crippen molar-refractivity contribution >= 4 is 11.9 Å². The minimum Gasteiger partial charge on any atom is -0.497 e. The third-order valence-electron chi connectivity index (χ3n) is 6.64. The number of likely N-dealkylation sites (N-methyl/N-ethyl adjacent to an activating group) is 1. The van der Waals surface area contributed by atoms with Crippen LogP contribution in [-0.4, -0.2) is 56.8 Å². The second kappa shape index (κ2) is 7.41. The largest absolute Gasteiger partial charge is 0.497 e. The zero-order chi connectivity index (χ0) is 22.5. The van der Waals surface area contributed by atoms with Crippen LogP contribution in [0.2, 0.25) is 0 Å². The lowest BCUT2D eigenvalue weighted by Crippen LogP contribution is -2.55. The van der Waals surface area contributed by atoms with Gasteiger partial charge in [0.2, 0.25) is 0 Å². The zero-order valence-electron chi connectivity index (χ0n) is 18.5. The molecule has 1 fully saturated rings. The predicted molar refractivity (Wildman–Crippen MR) is 119 cm³/mol. The quantitative estimate of drug-likeness (QED) is 0.793. The van der Waals surface area contributed by atoms with E-state index in [9.17, 15) is 4.79 Å². The summed E-state index contributed by atoms with van der Waals surface area (Å²) in [5.41, 5.74) is 6.80. The third kappa shape index (κ3) is 3.01. The molecule has 3 aliphatic rings. The number of fused-ring (bicyclic) bond motifs is 2. The molecule has 2 spiro atoms. The number of aliphatic imine (C=N–C) groups is 1. The number of ether oxygens (including phenoxy) is 4. The van der Waals surface area contributed by atoms with E-state index in [4.69, 9.17) is 29.7 Å². The van der Waals surface area contributed by atoms with Crippen molar-refractivity contribution in [2.75, 3.05) is 34.5 Å². The molecule has 8 nitrogen and oxygen atoms in total. The molecule has 0 aliphatic carbocycles. The number of hydrogen-bond donors (Lipinski definition) is 1. The minimum absolute atomic E-state index is 0.153. The van der Waals surface area contributed by atoms with Crippen LogP contribution >= 0.6 is 0 Å². The molecule has 168 valence electrons. The summed E-state index contributed by atoms with van der Waals surface area (Å²) in [4.78, 5) is 19.7. The Morgan fingerprint density at radius 3 is 2.66 bits per heavy atom. The van der Waals surface area contributed by atoms with Crippen molar-refractivity contribution in [3.63, 3.8) is 0 Å². The van der Waals surface area contributed by atoms with Gasteiger partial charge in [0.05, 0.1) is 20.8 Å². The Hall–Kier alpha value is -3.26. The summed E-state index contributed by atoms with van der Waals surface area (Å²) in [5.74, 6) is 2.10. The highest BCUT2D eigenvalue weighted by Crippen LogP contribution is 2.52. The first-order chi connectivity index (χ1) is 15.4. The number of carbonyl (C=O) groups excluding carboxylic acids is 1. The lowest BCUT2D eigenvalue weighted by Gasteiger charge is -2.46. The highest BCUT2D eigenvalue weighted by atomic mass is 16.5. The molecule has 32 heavy (non-hydrogen) atoms. The maximum Gasteiger partial charge on any atom is 0.261 e. The van der Waals surface area contributed by atoms with E-state index in [0.29, 0.717) is 42.4 Å². The SMILES string of the molecule is COc1ccc(OC)c(-c2ccc3c(c2)[C@]2(C[C@]4(CCCOC4)O3)N=C(N)N(C)C2=O)c1. The maximum atomic E-state index is 13.5. The van der Waals surface area contributed by atoms with E-state index in [-0.39, 0.29) is 11.9 Å². The van der Waals surface area contributed by atoms with Gasteiger partial charge >= 0.3 is 0 Å². The van der Waals surface area contributed by atoms with Crippen LogP contribution < -0.4 is 19.9 Å². The Morgan fingerprint density at radius 1 is 1.16 bits per heavy atom. The number of benzene rings is 2. The molecule has 1 amide bonds. The van der Waals surface area contributed by atoms with Crippen LogP contribution in [0.15, 0.2) is 41.4 Å². The molecule has 2 aromatic rings. The van der Waals surface area contributed by atoms with Gasteiger partial charge in [0.1, 0.15) is 22.8 Å². The van der Waals surface area contributed by atoms with Gasteiger partial charge in [0.15, 0.2) is 11.5 Å². The van der Waals surface area contributed by atoms with Crippen LogP contribution in [0, 0.1) is 0 Å². The topological polar surface area (TPSA) is 95.6 Å². The van der Waals surface area contributed by atoms with E-state index in [1.54, 1.807) is 21.3 Å². The molecule has 0 aromatic heterocycles. The van der Waals surface area contributed by atoms with Gasteiger partial charge in [-0.15, -0.1) is 0 Å². The lowest BCUT2D eigenvalue weighted by atomic mass is 9.74. The summed E-state index contributed by atoms with van der Waals surface area (Å²) < 4.78 is 23.2. The van der Waals surface area contributed by atoms with Gasteiger partial charge in [-0.25, -0.2) is 4.99 Å². The second-order valence-electron chi connectivity index (χ2n) is 8.59. The standard InChI is InChI=1S/C24H27N3O5/c1-27-21(28)24(26-22(27)25)13-23(9-4-10-31-14-23)32-20-7-5-15(11-18(20)24)17-12-16(29-2)6-8-19(17)30-3/h5-8,11-12H,4,9-10,13-14H2,1-3H3,(H2,25,26)/t23-,24-/m0/s1. The molecule has 2 atom stereocenters. The van der Waals surface area contributed by atoms with Crippen molar-refractivity contribution in [3.8, 4) is 28.4 Å². The summed E-state index contributed by atoms with van der Waals surface area (Å²) in [6.07, 6.45) is 2.05. The lowest BCUT2D eigenvalue weighted by molar-refractivity contribution is -0.139. The van der Waals surface area contributed by atoms with Crippen LogP contribution in [0.1, 0.15) is 24.8 Å². The molecule has 0 saturated carbocycles. The summed E-state index contributed by atoms with van der Waals surface area (Å²) in [5, 5.41) is 0. The number of guanidine groups is 1. The average Bonchev–Trinajstić information content (AvgIpc) is 3.02. The summed E-state index contributed by atoms with van der Waals surface area (Å²) in [6, 6.07) is 11.4. The van der Waals surface area contributed by atoms with E-state index in [1.807, 2.05) is 36.4 Å². The number of rotatable bonds is 3. The van der Waals surface area contributed by atoms with Gasteiger partial charge in [-0.2, -0.15) is 0 Å². The van der Waals surface area contributed by atoms with Gasteiger partial charge in [-0.3, -0.25) is 9.69 Å². The highest BCUT2D eigenvalue weighted by Gasteiger charge is 2.58. The van der Waals surface area contributed by atoms with E-state index >= 15 is 0 Å². The van der Waals surface area contributed by atoms with Crippen LogP contribution in [-0.2, 0) is 15.1 Å². The van der Waals surface area contributed by atoms with Crippen LogP contribution in [0.3, 0.4) is 0 Å². The molecule has 5 rings (SSSR count). The second-order valence-corrected chi connectivity index (χ2v) is 8.59. The van der Waals surface area contributed by atoms with E-state index < -0.39 is 11.1 Å². The summed E-state index contributed by atoms with van der Waals surface area (Å²) in [7, 11) is 4.91. The summed E-state index contributed by atoms with van der Waals surface area (Å²) in [6.45, 7) is 1.12. The summed E-state index contributed by atoms with van der Waals surface area (Å²) >= 11 is 0. The first-order valence-electron chi connectivity index (χ1n) is 10.7. The van der Waals surface area contributed by atoms with Crippen LogP contribution in [0.25, 0.3) is 11.1 Å². The van der Waals surface area contributed by atoms with Crippen molar-refractivity contribution < 1.29 is 23.7 Å². The smallest absolute Gasteiger partial charge is 0.261 e. The van der Waals surface area contributed by atoms with E-state index in [1.165, 1.54) is 4.90 Å². The Balaban J connectivity index is 1.69. The fourth-order valence-electron chi connectivity index (χ4n) is 5.02. The van der Waals surface area contributed by atoms with Crippen LogP contribution in [0.4, 0.5) is 0 Å². The molecule has 0 bridgehead atoms. The molecule has 8 heteroatoms. The number of nitrogens with zero attached hydrogens (tertiary/aromatic N) is 2. The molecule has 3 aliphatic heterocycles. The monoisotopic (exact) mass is 437 g/mol. The maximum absolute atomic E-state index is 13.5. The zero-order valence-corrected chi connectivity index (χ0v) is 18.5. The van der Waals surface area contributed by atoms with E-state index in [2.05, 4.69) is 0 Å². The first-order valence-corrected chi connectivity index (χ1v) is 10.7. The Morgan fingerprint density at radius 2 is 2.00 bits per heavy atom. The van der Waals surface area contributed by atoms with E-state index in [0.717, 1.165) is 24.0 Å². The Kier molecular flexibility index (Phi) is 4.78. The fraction of sp³-hybridized carbons (Fsp3) is 0.417. The molecule has 3 heterocycles. The third-order valence-corrected chi connectivity index (χ3v) is 6.64. The van der Waals surface area contributed by atoms with Crippen molar-refractivity contribution in [3.05, 3.63) is 42.0 Å². The van der Waals surface area contributed by atoms with Gasteiger partial charge < -0.3 is 24.7 Å². The Bertz CT molecular complexity index is 1110. The molecule has 1 saturated heterocycles. The highest BCUT2D eigenvalue weighted by molar-refractivity contribution is 6.07. The molecule has 0 unspecified atom stereocenters. The van der Waals surface area contributed by atoms with Crippen molar-refractivity contribution in [2.45, 2.75) is 30.4 Å². The number of hydrogen-bond acceptors (Lipinski definition) is 7. The Labute approximate surface area is 186 Å². The molecule has 2 aromatic carbocycles. The van der Waals surface area contributed by atoms with Crippen molar-refractivity contribution in [1.82, 2.24) is 4.90 Å². The van der Waals surface area contributed by atoms with Gasteiger partial charge in [-0.1, -0.05) is 6.07 Å². The molecule has 2 N–H and O–H groups in total. The molecular formula is C24H27N3O5. The van der Waals surface area contributed by atoms with Gasteiger partial charge in [-0.05, 0) is 48.7 Å². The predicted octanol–water partition coefficient (Wildman–Crippen LogP) is 2.68. The number of carbonyl (C=O) groups is 1. The van der Waals surface area contributed by atoms with Crippen LogP contribution in [0.5, 0.6) is 17.2 Å². The first kappa shape index (κ1) is 20.6. The number of nitrogens with two attached hydrogens (primary N) is 1. The minimum atomic E-state index is -1.14. The molecule has 0 radical (unpaired) electrons. The van der Waals surface area contributed by atoms with Crippen molar-refractivity contribution in [1.29, 1.82) is 0 Å². The number of methoxy groups -OCH3 is 2. The molecular weight excluding hydrogens is 410 g/mol. The normalized spacial score (nSPS) is 26.7.